The number of carbonyl (C=O) groups excluding carboxylic acids is 1. The van der Waals surface area contributed by atoms with E-state index in [1.807, 2.05) is 6.92 Å². The molecule has 0 radical (unpaired) electrons. The van der Waals surface area contributed by atoms with Crippen molar-refractivity contribution in [2.75, 3.05) is 23.6 Å². The highest BCUT2D eigenvalue weighted by Gasteiger charge is 2.27. The summed E-state index contributed by atoms with van der Waals surface area (Å²) in [4.78, 5) is 14.6. The summed E-state index contributed by atoms with van der Waals surface area (Å²) in [6.07, 6.45) is 2.29. The second kappa shape index (κ2) is 7.98. The van der Waals surface area contributed by atoms with E-state index in [0.717, 1.165) is 12.8 Å². The van der Waals surface area contributed by atoms with Gasteiger partial charge in [-0.1, -0.05) is 19.1 Å². The van der Waals surface area contributed by atoms with Crippen LogP contribution in [-0.4, -0.2) is 44.1 Å². The SMILES string of the molecule is CCCS(=O)(=O)Nc1ccccc1C(=O)N1CCC(C(C)N)CC1. The highest BCUT2D eigenvalue weighted by molar-refractivity contribution is 7.92. The van der Waals surface area contributed by atoms with Crippen molar-refractivity contribution in [2.24, 2.45) is 11.7 Å². The molecule has 1 saturated heterocycles. The molecule has 0 bridgehead atoms. The van der Waals surface area contributed by atoms with Crippen molar-refractivity contribution < 1.29 is 13.2 Å². The largest absolute Gasteiger partial charge is 0.339 e. The monoisotopic (exact) mass is 353 g/mol. The van der Waals surface area contributed by atoms with Gasteiger partial charge in [0, 0.05) is 19.1 Å². The van der Waals surface area contributed by atoms with Crippen LogP contribution in [0.25, 0.3) is 0 Å². The summed E-state index contributed by atoms with van der Waals surface area (Å²) >= 11 is 0. The van der Waals surface area contributed by atoms with E-state index in [4.69, 9.17) is 5.73 Å². The zero-order chi connectivity index (χ0) is 17.7. The number of nitrogens with one attached hydrogen (secondary N) is 1. The van der Waals surface area contributed by atoms with Crippen molar-refractivity contribution >= 4 is 21.6 Å². The molecule has 1 aromatic carbocycles. The van der Waals surface area contributed by atoms with Crippen molar-refractivity contribution in [3.8, 4) is 0 Å². The highest BCUT2D eigenvalue weighted by atomic mass is 32.2. The van der Waals surface area contributed by atoms with Gasteiger partial charge in [0.25, 0.3) is 5.91 Å². The molecule has 0 saturated carbocycles. The van der Waals surface area contributed by atoms with Crippen molar-refractivity contribution in [1.82, 2.24) is 4.90 Å². The number of para-hydroxylation sites is 1. The summed E-state index contributed by atoms with van der Waals surface area (Å²) in [5.74, 6) is 0.343. The van der Waals surface area contributed by atoms with E-state index in [-0.39, 0.29) is 17.7 Å². The maximum atomic E-state index is 12.8. The number of piperidine rings is 1. The first kappa shape index (κ1) is 18.7. The lowest BCUT2D eigenvalue weighted by molar-refractivity contribution is 0.0682. The number of benzene rings is 1. The number of hydrogen-bond donors (Lipinski definition) is 2. The Hall–Kier alpha value is -1.60. The fourth-order valence-corrected chi connectivity index (χ4v) is 4.20. The number of carbonyl (C=O) groups is 1. The molecule has 1 amide bonds. The summed E-state index contributed by atoms with van der Waals surface area (Å²) in [7, 11) is -3.43. The van der Waals surface area contributed by atoms with Gasteiger partial charge < -0.3 is 10.6 Å². The average molecular weight is 353 g/mol. The van der Waals surface area contributed by atoms with Gasteiger partial charge in [0.1, 0.15) is 0 Å². The molecule has 1 aliphatic heterocycles. The predicted octanol–water partition coefficient (Wildman–Crippen LogP) is 2.04. The molecule has 1 aromatic rings. The van der Waals surface area contributed by atoms with E-state index >= 15 is 0 Å². The van der Waals surface area contributed by atoms with E-state index in [1.165, 1.54) is 0 Å². The lowest BCUT2D eigenvalue weighted by atomic mass is 9.90. The number of sulfonamides is 1. The molecule has 1 unspecified atom stereocenters. The van der Waals surface area contributed by atoms with Gasteiger partial charge in [-0.2, -0.15) is 0 Å². The molecule has 6 nitrogen and oxygen atoms in total. The van der Waals surface area contributed by atoms with Gasteiger partial charge in [-0.15, -0.1) is 0 Å². The molecule has 7 heteroatoms. The Balaban J connectivity index is 2.13. The van der Waals surface area contributed by atoms with Gasteiger partial charge >= 0.3 is 0 Å². The highest BCUT2D eigenvalue weighted by Crippen LogP contribution is 2.24. The molecule has 3 N–H and O–H groups in total. The topological polar surface area (TPSA) is 92.5 Å². The Morgan fingerprint density at radius 2 is 1.96 bits per heavy atom. The third-order valence-electron chi connectivity index (χ3n) is 4.47. The minimum absolute atomic E-state index is 0.0370. The summed E-state index contributed by atoms with van der Waals surface area (Å²) in [6, 6.07) is 6.91. The summed E-state index contributed by atoms with van der Waals surface area (Å²) in [5.41, 5.74) is 6.69. The van der Waals surface area contributed by atoms with Crippen LogP contribution in [0.4, 0.5) is 5.69 Å². The maximum absolute atomic E-state index is 12.8. The van der Waals surface area contributed by atoms with Gasteiger partial charge in [-0.3, -0.25) is 9.52 Å². The van der Waals surface area contributed by atoms with E-state index in [1.54, 1.807) is 36.1 Å². The second-order valence-corrected chi connectivity index (χ2v) is 8.30. The van der Waals surface area contributed by atoms with Crippen LogP contribution in [0.3, 0.4) is 0 Å². The molecular weight excluding hydrogens is 326 g/mol. The standard InChI is InChI=1S/C17H27N3O3S/c1-3-12-24(22,23)19-16-7-5-4-6-15(16)17(21)20-10-8-14(9-11-20)13(2)18/h4-7,13-14,19H,3,8-12,18H2,1-2H3. The first-order valence-electron chi connectivity index (χ1n) is 8.48. The zero-order valence-electron chi connectivity index (χ0n) is 14.4. The number of anilines is 1. The maximum Gasteiger partial charge on any atom is 0.255 e. The lowest BCUT2D eigenvalue weighted by Crippen LogP contribution is -2.42. The fraction of sp³-hybridized carbons (Fsp3) is 0.588. The van der Waals surface area contributed by atoms with Gasteiger partial charge in [0.2, 0.25) is 10.0 Å². The van der Waals surface area contributed by atoms with Crippen LogP contribution < -0.4 is 10.5 Å². The molecule has 24 heavy (non-hydrogen) atoms. The quantitative estimate of drug-likeness (QED) is 0.818. The van der Waals surface area contributed by atoms with Gasteiger partial charge in [-0.05, 0) is 44.2 Å². The predicted molar refractivity (Wildman–Crippen MR) is 96.4 cm³/mol. The molecule has 1 aliphatic rings. The molecule has 0 aliphatic carbocycles. The van der Waals surface area contributed by atoms with Crippen molar-refractivity contribution in [3.05, 3.63) is 29.8 Å². The van der Waals surface area contributed by atoms with E-state index in [0.29, 0.717) is 36.7 Å². The molecule has 0 aromatic heterocycles. The van der Waals surface area contributed by atoms with E-state index in [9.17, 15) is 13.2 Å². The minimum atomic E-state index is -3.43. The number of hydrogen-bond acceptors (Lipinski definition) is 4. The Bertz CT molecular complexity index is 665. The van der Waals surface area contributed by atoms with Crippen LogP contribution in [0.5, 0.6) is 0 Å². The van der Waals surface area contributed by atoms with Crippen LogP contribution >= 0.6 is 0 Å². The normalized spacial score (nSPS) is 17.5. The Morgan fingerprint density at radius 1 is 1.33 bits per heavy atom. The molecule has 1 fully saturated rings. The molecule has 134 valence electrons. The van der Waals surface area contributed by atoms with Crippen LogP contribution in [0.2, 0.25) is 0 Å². The Kier molecular flexibility index (Phi) is 6.23. The van der Waals surface area contributed by atoms with Gasteiger partial charge in [-0.25, -0.2) is 8.42 Å². The zero-order valence-corrected chi connectivity index (χ0v) is 15.2. The number of rotatable bonds is 6. The number of nitrogens with two attached hydrogens (primary N) is 1. The number of likely N-dealkylation sites (tertiary alicyclic amines) is 1. The summed E-state index contributed by atoms with van der Waals surface area (Å²) in [6.45, 7) is 5.11. The molecular formula is C17H27N3O3S. The molecule has 1 heterocycles. The van der Waals surface area contributed by atoms with Gasteiger partial charge in [0.05, 0.1) is 17.0 Å². The average Bonchev–Trinajstić information content (AvgIpc) is 2.54. The van der Waals surface area contributed by atoms with Crippen LogP contribution in [0.15, 0.2) is 24.3 Å². The summed E-state index contributed by atoms with van der Waals surface area (Å²) in [5, 5.41) is 0. The third kappa shape index (κ3) is 4.70. The first-order valence-corrected chi connectivity index (χ1v) is 10.1. The molecule has 0 spiro atoms. The fourth-order valence-electron chi connectivity index (χ4n) is 3.04. The van der Waals surface area contributed by atoms with E-state index in [2.05, 4.69) is 4.72 Å². The van der Waals surface area contributed by atoms with Gasteiger partial charge in [0.15, 0.2) is 0 Å². The third-order valence-corrected chi connectivity index (χ3v) is 5.94. The second-order valence-electron chi connectivity index (χ2n) is 6.46. The Morgan fingerprint density at radius 3 is 2.54 bits per heavy atom. The number of nitrogens with zero attached hydrogens (tertiary/aromatic N) is 1. The Labute approximate surface area is 144 Å². The molecule has 1 atom stereocenters. The van der Waals surface area contributed by atoms with Crippen molar-refractivity contribution in [1.29, 1.82) is 0 Å². The molecule has 2 rings (SSSR count). The van der Waals surface area contributed by atoms with Crippen molar-refractivity contribution in [2.45, 2.75) is 39.2 Å². The minimum Gasteiger partial charge on any atom is -0.339 e. The first-order chi connectivity index (χ1) is 11.3. The van der Waals surface area contributed by atoms with Crippen molar-refractivity contribution in [3.63, 3.8) is 0 Å². The van der Waals surface area contributed by atoms with Crippen LogP contribution in [-0.2, 0) is 10.0 Å². The number of amides is 1. The smallest absolute Gasteiger partial charge is 0.255 e. The van der Waals surface area contributed by atoms with E-state index < -0.39 is 10.0 Å². The van der Waals surface area contributed by atoms with Crippen LogP contribution in [0, 0.1) is 5.92 Å². The van der Waals surface area contributed by atoms with Crippen LogP contribution in [0.1, 0.15) is 43.5 Å². The lowest BCUT2D eigenvalue weighted by Gasteiger charge is -2.34. The summed E-state index contributed by atoms with van der Waals surface area (Å²) < 4.78 is 26.6.